The Hall–Kier alpha value is -2.18. The van der Waals surface area contributed by atoms with Crippen molar-refractivity contribution >= 4 is 5.97 Å². The molecule has 0 aliphatic rings. The summed E-state index contributed by atoms with van der Waals surface area (Å²) in [5.41, 5.74) is 0.696. The van der Waals surface area contributed by atoms with Gasteiger partial charge in [-0.2, -0.15) is 0 Å². The lowest BCUT2D eigenvalue weighted by molar-refractivity contribution is -0.137. The van der Waals surface area contributed by atoms with Crippen LogP contribution in [0, 0.1) is 6.92 Å². The number of aryl methyl sites for hydroxylation is 1. The lowest BCUT2D eigenvalue weighted by Gasteiger charge is -1.99. The standard InChI is InChI=1S/C8H8N4O3/c1-5-6(2-3-15-5)8-9-10-11-12(8)4-7(13)14/h2-3H,4H2,1H3,(H,13,14). The van der Waals surface area contributed by atoms with Gasteiger partial charge in [0.25, 0.3) is 0 Å². The van der Waals surface area contributed by atoms with Gasteiger partial charge in [-0.15, -0.1) is 5.10 Å². The molecule has 0 saturated heterocycles. The van der Waals surface area contributed by atoms with E-state index in [0.717, 1.165) is 0 Å². The third-order valence-corrected chi connectivity index (χ3v) is 1.92. The van der Waals surface area contributed by atoms with Gasteiger partial charge in [0.1, 0.15) is 12.3 Å². The molecular formula is C8H8N4O3. The van der Waals surface area contributed by atoms with Crippen LogP contribution in [0.15, 0.2) is 16.7 Å². The van der Waals surface area contributed by atoms with E-state index in [9.17, 15) is 4.79 Å². The molecule has 1 N–H and O–H groups in total. The first-order valence-corrected chi connectivity index (χ1v) is 4.21. The van der Waals surface area contributed by atoms with Gasteiger partial charge in [-0.3, -0.25) is 4.79 Å². The number of hydrogen-bond donors (Lipinski definition) is 1. The molecule has 0 saturated carbocycles. The van der Waals surface area contributed by atoms with Crippen molar-refractivity contribution in [3.63, 3.8) is 0 Å². The van der Waals surface area contributed by atoms with Gasteiger partial charge in [-0.25, -0.2) is 4.68 Å². The number of carboxylic acids is 1. The molecule has 0 amide bonds. The summed E-state index contributed by atoms with van der Waals surface area (Å²) in [6, 6.07) is 1.69. The van der Waals surface area contributed by atoms with Crippen molar-refractivity contribution in [3.8, 4) is 11.4 Å². The monoisotopic (exact) mass is 208 g/mol. The molecular weight excluding hydrogens is 200 g/mol. The summed E-state index contributed by atoms with van der Waals surface area (Å²) in [6.45, 7) is 1.49. The van der Waals surface area contributed by atoms with Crippen molar-refractivity contribution in [2.45, 2.75) is 13.5 Å². The van der Waals surface area contributed by atoms with Gasteiger partial charge in [-0.1, -0.05) is 0 Å². The zero-order valence-corrected chi connectivity index (χ0v) is 7.91. The van der Waals surface area contributed by atoms with Crippen LogP contribution in [0.2, 0.25) is 0 Å². The number of aromatic nitrogens is 4. The molecule has 0 radical (unpaired) electrons. The number of nitrogens with zero attached hydrogens (tertiary/aromatic N) is 4. The fraction of sp³-hybridized carbons (Fsp3) is 0.250. The molecule has 0 spiro atoms. The van der Waals surface area contributed by atoms with E-state index in [1.54, 1.807) is 13.0 Å². The second-order valence-electron chi connectivity index (χ2n) is 2.94. The number of rotatable bonds is 3. The number of aliphatic carboxylic acids is 1. The molecule has 7 nitrogen and oxygen atoms in total. The van der Waals surface area contributed by atoms with Crippen LogP contribution in [0.5, 0.6) is 0 Å². The Balaban J connectivity index is 2.41. The van der Waals surface area contributed by atoms with Crippen molar-refractivity contribution in [1.29, 1.82) is 0 Å². The number of furan rings is 1. The number of carbonyl (C=O) groups is 1. The predicted octanol–water partition coefficient (Wildman–Crippen LogP) is 0.326. The minimum atomic E-state index is -0.996. The van der Waals surface area contributed by atoms with Crippen LogP contribution in [0.25, 0.3) is 11.4 Å². The Morgan fingerprint density at radius 3 is 3.07 bits per heavy atom. The van der Waals surface area contributed by atoms with E-state index in [1.165, 1.54) is 10.9 Å². The average Bonchev–Trinajstić information content (AvgIpc) is 2.73. The van der Waals surface area contributed by atoms with Crippen LogP contribution in [0.4, 0.5) is 0 Å². The van der Waals surface area contributed by atoms with Crippen molar-refractivity contribution in [2.24, 2.45) is 0 Å². The van der Waals surface area contributed by atoms with Crippen molar-refractivity contribution in [2.75, 3.05) is 0 Å². The summed E-state index contributed by atoms with van der Waals surface area (Å²) in [4.78, 5) is 10.5. The smallest absolute Gasteiger partial charge is 0.325 e. The molecule has 78 valence electrons. The summed E-state index contributed by atoms with van der Waals surface area (Å²) >= 11 is 0. The zero-order valence-electron chi connectivity index (χ0n) is 7.91. The molecule has 15 heavy (non-hydrogen) atoms. The molecule has 0 aliphatic carbocycles. The molecule has 0 fully saturated rings. The summed E-state index contributed by atoms with van der Waals surface area (Å²) in [7, 11) is 0. The minimum absolute atomic E-state index is 0.271. The Labute approximate surface area is 84.3 Å². The Bertz CT molecular complexity index is 488. The fourth-order valence-electron chi connectivity index (χ4n) is 1.25. The highest BCUT2D eigenvalue weighted by molar-refractivity contribution is 5.67. The topological polar surface area (TPSA) is 94.0 Å². The molecule has 7 heteroatoms. The highest BCUT2D eigenvalue weighted by Crippen LogP contribution is 2.20. The third-order valence-electron chi connectivity index (χ3n) is 1.92. The predicted molar refractivity (Wildman–Crippen MR) is 47.9 cm³/mol. The van der Waals surface area contributed by atoms with E-state index < -0.39 is 5.97 Å². The van der Waals surface area contributed by atoms with Crippen LogP contribution < -0.4 is 0 Å². The van der Waals surface area contributed by atoms with Gasteiger partial charge < -0.3 is 9.52 Å². The van der Waals surface area contributed by atoms with Gasteiger partial charge in [-0.05, 0) is 23.4 Å². The maximum Gasteiger partial charge on any atom is 0.325 e. The van der Waals surface area contributed by atoms with Crippen LogP contribution in [-0.4, -0.2) is 31.3 Å². The van der Waals surface area contributed by atoms with Crippen LogP contribution in [0.1, 0.15) is 5.76 Å². The van der Waals surface area contributed by atoms with Gasteiger partial charge in [0.2, 0.25) is 0 Å². The molecule has 0 aliphatic heterocycles. The minimum Gasteiger partial charge on any atom is -0.480 e. The van der Waals surface area contributed by atoms with E-state index in [1.807, 2.05) is 0 Å². The Morgan fingerprint density at radius 1 is 1.67 bits per heavy atom. The summed E-state index contributed by atoms with van der Waals surface area (Å²) in [5.74, 6) is 0.0461. The summed E-state index contributed by atoms with van der Waals surface area (Å²) in [5, 5.41) is 19.4. The van der Waals surface area contributed by atoms with Crippen LogP contribution in [0.3, 0.4) is 0 Å². The average molecular weight is 208 g/mol. The van der Waals surface area contributed by atoms with Gasteiger partial charge in [0.05, 0.1) is 11.8 Å². The molecule has 0 atom stereocenters. The highest BCUT2D eigenvalue weighted by Gasteiger charge is 2.14. The molecule has 2 heterocycles. The first kappa shape index (κ1) is 9.38. The third kappa shape index (κ3) is 1.71. The van der Waals surface area contributed by atoms with Crippen molar-refractivity contribution in [3.05, 3.63) is 18.1 Å². The van der Waals surface area contributed by atoms with E-state index >= 15 is 0 Å². The van der Waals surface area contributed by atoms with E-state index in [-0.39, 0.29) is 6.54 Å². The normalized spacial score (nSPS) is 10.5. The second kappa shape index (κ2) is 3.52. The Morgan fingerprint density at radius 2 is 2.47 bits per heavy atom. The Kier molecular flexibility index (Phi) is 2.20. The maximum atomic E-state index is 10.5. The van der Waals surface area contributed by atoms with Crippen LogP contribution in [-0.2, 0) is 11.3 Å². The van der Waals surface area contributed by atoms with Crippen molar-refractivity contribution < 1.29 is 14.3 Å². The highest BCUT2D eigenvalue weighted by atomic mass is 16.4. The zero-order chi connectivity index (χ0) is 10.8. The number of tetrazole rings is 1. The van der Waals surface area contributed by atoms with Crippen LogP contribution >= 0.6 is 0 Å². The first-order valence-electron chi connectivity index (χ1n) is 4.21. The quantitative estimate of drug-likeness (QED) is 0.780. The summed E-state index contributed by atoms with van der Waals surface area (Å²) in [6.07, 6.45) is 1.50. The van der Waals surface area contributed by atoms with Crippen molar-refractivity contribution in [1.82, 2.24) is 20.2 Å². The van der Waals surface area contributed by atoms with Gasteiger partial charge in [0, 0.05) is 0 Å². The first-order chi connectivity index (χ1) is 7.18. The van der Waals surface area contributed by atoms with E-state index in [4.69, 9.17) is 9.52 Å². The van der Waals surface area contributed by atoms with Gasteiger partial charge >= 0.3 is 5.97 Å². The largest absolute Gasteiger partial charge is 0.480 e. The molecule has 2 aromatic rings. The number of carboxylic acid groups (broad SMARTS) is 1. The second-order valence-corrected chi connectivity index (χ2v) is 2.94. The van der Waals surface area contributed by atoms with Gasteiger partial charge in [0.15, 0.2) is 5.82 Å². The molecule has 0 unspecified atom stereocenters. The molecule has 2 rings (SSSR count). The number of hydrogen-bond acceptors (Lipinski definition) is 5. The van der Waals surface area contributed by atoms with E-state index in [0.29, 0.717) is 17.1 Å². The molecule has 2 aromatic heterocycles. The molecule has 0 aromatic carbocycles. The summed E-state index contributed by atoms with van der Waals surface area (Å²) < 4.78 is 6.30. The SMILES string of the molecule is Cc1occc1-c1nnnn1CC(=O)O. The lowest BCUT2D eigenvalue weighted by atomic mass is 10.2. The van der Waals surface area contributed by atoms with E-state index in [2.05, 4.69) is 15.5 Å². The lowest BCUT2D eigenvalue weighted by Crippen LogP contribution is -2.11. The maximum absolute atomic E-state index is 10.5. The fourth-order valence-corrected chi connectivity index (χ4v) is 1.25. The molecule has 0 bridgehead atoms.